The first-order chi connectivity index (χ1) is 13.8. The lowest BCUT2D eigenvalue weighted by molar-refractivity contribution is -0.148. The van der Waals surface area contributed by atoms with E-state index in [1.54, 1.807) is 43.3 Å². The Hall–Kier alpha value is -2.35. The third-order valence-corrected chi connectivity index (χ3v) is 5.25. The van der Waals surface area contributed by atoms with E-state index < -0.39 is 25.0 Å². The number of halogens is 1. The largest absolute Gasteiger partial charge is 0.492 e. The molecule has 1 aliphatic rings. The van der Waals surface area contributed by atoms with Crippen LogP contribution in [0.15, 0.2) is 36.4 Å². The minimum atomic E-state index is -1.04. The quantitative estimate of drug-likeness (QED) is 0.559. The van der Waals surface area contributed by atoms with E-state index in [9.17, 15) is 14.6 Å². The third kappa shape index (κ3) is 4.81. The van der Waals surface area contributed by atoms with Gasteiger partial charge in [-0.3, -0.25) is 4.79 Å². The fourth-order valence-electron chi connectivity index (χ4n) is 3.29. The van der Waals surface area contributed by atoms with Gasteiger partial charge in [0.1, 0.15) is 12.6 Å². The summed E-state index contributed by atoms with van der Waals surface area (Å²) in [4.78, 5) is 25.4. The summed E-state index contributed by atoms with van der Waals surface area (Å²) >= 11 is 5.86. The van der Waals surface area contributed by atoms with Crippen molar-refractivity contribution < 1.29 is 24.0 Å². The van der Waals surface area contributed by atoms with E-state index in [4.69, 9.17) is 21.0 Å². The van der Waals surface area contributed by atoms with Crippen LogP contribution in [0.25, 0.3) is 0 Å². The van der Waals surface area contributed by atoms with E-state index in [0.29, 0.717) is 28.2 Å². The molecule has 0 unspecified atom stereocenters. The maximum absolute atomic E-state index is 12.8. The number of hydrogen-bond donors (Lipinski definition) is 2. The molecule has 0 fully saturated rings. The molecule has 3 rings (SSSR count). The molecule has 2 aromatic carbocycles. The number of fused-ring (bicyclic) bond motifs is 1. The zero-order chi connectivity index (χ0) is 21.1. The number of esters is 1. The first kappa shape index (κ1) is 21.4. The summed E-state index contributed by atoms with van der Waals surface area (Å²) in [6.45, 7) is 5.83. The number of ether oxygens (including phenoxy) is 1. The first-order valence-electron chi connectivity index (χ1n) is 9.42. The molecule has 8 heteroatoms. The summed E-state index contributed by atoms with van der Waals surface area (Å²) in [7, 11) is -1.04. The van der Waals surface area contributed by atoms with Gasteiger partial charge < -0.3 is 19.7 Å². The van der Waals surface area contributed by atoms with Gasteiger partial charge in [0.15, 0.2) is 0 Å². The molecular weight excluding hydrogens is 392 g/mol. The summed E-state index contributed by atoms with van der Waals surface area (Å²) in [6.07, 6.45) is 0. The van der Waals surface area contributed by atoms with Crippen molar-refractivity contribution in [2.24, 2.45) is 5.92 Å². The molecule has 1 amide bonds. The Kier molecular flexibility index (Phi) is 6.62. The van der Waals surface area contributed by atoms with E-state index >= 15 is 0 Å². The Balaban J connectivity index is 1.70. The van der Waals surface area contributed by atoms with Crippen LogP contribution in [0.5, 0.6) is 0 Å². The molecule has 1 atom stereocenters. The van der Waals surface area contributed by atoms with Crippen molar-refractivity contribution in [1.29, 1.82) is 0 Å². The second-order valence-electron chi connectivity index (χ2n) is 7.40. The molecule has 0 spiro atoms. The van der Waals surface area contributed by atoms with Crippen LogP contribution in [0.1, 0.15) is 40.9 Å². The van der Waals surface area contributed by atoms with Gasteiger partial charge >= 0.3 is 13.1 Å². The predicted molar refractivity (Wildman–Crippen MR) is 111 cm³/mol. The predicted octanol–water partition coefficient (Wildman–Crippen LogP) is 2.36. The summed E-state index contributed by atoms with van der Waals surface area (Å²) in [6, 6.07) is 9.64. The van der Waals surface area contributed by atoms with Crippen LogP contribution in [0.3, 0.4) is 0 Å². The number of hydrogen-bond acceptors (Lipinski definition) is 5. The Morgan fingerprint density at radius 1 is 1.24 bits per heavy atom. The number of amides is 1. The fourth-order valence-corrected chi connectivity index (χ4v) is 3.42. The van der Waals surface area contributed by atoms with Gasteiger partial charge in [-0.1, -0.05) is 43.6 Å². The monoisotopic (exact) mass is 415 g/mol. The van der Waals surface area contributed by atoms with Crippen LogP contribution in [0, 0.1) is 12.8 Å². The second kappa shape index (κ2) is 8.99. The Labute approximate surface area is 175 Å². The highest BCUT2D eigenvalue weighted by Gasteiger charge is 2.32. The standard InChI is InChI=1S/C21H23BClNO5/c1-12(2)19(21(26)28-10-14-4-7-16(23)8-5-14)24-20(25)17-9-6-15-11-29-22(27)18(15)13(17)3/h4-9,12,19,27H,10-11H2,1-3H3,(H,24,25)/t19-/m0/s1. The topological polar surface area (TPSA) is 84.9 Å². The van der Waals surface area contributed by atoms with Crippen molar-refractivity contribution in [1.82, 2.24) is 5.32 Å². The van der Waals surface area contributed by atoms with Gasteiger partial charge in [0.05, 0.1) is 6.61 Å². The lowest BCUT2D eigenvalue weighted by atomic mass is 9.75. The van der Waals surface area contributed by atoms with Crippen molar-refractivity contribution in [3.8, 4) is 0 Å². The van der Waals surface area contributed by atoms with Crippen molar-refractivity contribution in [3.05, 3.63) is 63.7 Å². The summed E-state index contributed by atoms with van der Waals surface area (Å²) in [5.41, 5.74) is 3.31. The van der Waals surface area contributed by atoms with Gasteiger partial charge in [-0.15, -0.1) is 0 Å². The molecule has 0 aliphatic carbocycles. The molecular formula is C21H23BClNO5. The van der Waals surface area contributed by atoms with E-state index in [1.807, 2.05) is 13.8 Å². The molecule has 0 bridgehead atoms. The summed E-state index contributed by atoms with van der Waals surface area (Å²) in [5, 5.41) is 13.4. The van der Waals surface area contributed by atoms with Crippen LogP contribution in [0.2, 0.25) is 5.02 Å². The molecule has 2 N–H and O–H groups in total. The number of carbonyl (C=O) groups is 2. The molecule has 0 radical (unpaired) electrons. The maximum Gasteiger partial charge on any atom is 0.492 e. The summed E-state index contributed by atoms with van der Waals surface area (Å²) < 4.78 is 10.6. The molecule has 0 saturated carbocycles. The van der Waals surface area contributed by atoms with Crippen molar-refractivity contribution in [3.63, 3.8) is 0 Å². The third-order valence-electron chi connectivity index (χ3n) is 4.99. The lowest BCUT2D eigenvalue weighted by Gasteiger charge is -2.22. The molecule has 6 nitrogen and oxygen atoms in total. The average Bonchev–Trinajstić information content (AvgIpc) is 3.07. The number of benzene rings is 2. The highest BCUT2D eigenvalue weighted by atomic mass is 35.5. The van der Waals surface area contributed by atoms with Gasteiger partial charge in [-0.2, -0.15) is 0 Å². The molecule has 1 aliphatic heterocycles. The number of nitrogens with one attached hydrogen (secondary N) is 1. The van der Waals surface area contributed by atoms with Crippen molar-refractivity contribution in [2.75, 3.05) is 0 Å². The number of rotatable bonds is 6. The fraction of sp³-hybridized carbons (Fsp3) is 0.333. The van der Waals surface area contributed by atoms with E-state index in [1.165, 1.54) is 0 Å². The Morgan fingerprint density at radius 2 is 1.93 bits per heavy atom. The van der Waals surface area contributed by atoms with Gasteiger partial charge in [-0.25, -0.2) is 4.79 Å². The lowest BCUT2D eigenvalue weighted by Crippen LogP contribution is -2.46. The number of carbonyl (C=O) groups excluding carboxylic acids is 2. The molecule has 0 saturated heterocycles. The second-order valence-corrected chi connectivity index (χ2v) is 7.84. The van der Waals surface area contributed by atoms with Crippen LogP contribution in [-0.4, -0.2) is 30.1 Å². The van der Waals surface area contributed by atoms with Gasteiger partial charge in [0.25, 0.3) is 5.91 Å². The van der Waals surface area contributed by atoms with E-state index in [2.05, 4.69) is 5.32 Å². The normalized spacial score (nSPS) is 13.9. The minimum Gasteiger partial charge on any atom is -0.459 e. The van der Waals surface area contributed by atoms with Crippen LogP contribution >= 0.6 is 11.6 Å². The molecule has 29 heavy (non-hydrogen) atoms. The highest BCUT2D eigenvalue weighted by Crippen LogP contribution is 2.17. The van der Waals surface area contributed by atoms with Crippen molar-refractivity contribution >= 4 is 36.1 Å². The summed E-state index contributed by atoms with van der Waals surface area (Å²) in [5.74, 6) is -1.07. The molecule has 2 aromatic rings. The van der Waals surface area contributed by atoms with E-state index in [0.717, 1.165) is 11.1 Å². The van der Waals surface area contributed by atoms with E-state index in [-0.39, 0.29) is 12.5 Å². The van der Waals surface area contributed by atoms with Crippen LogP contribution < -0.4 is 10.8 Å². The zero-order valence-corrected chi connectivity index (χ0v) is 17.3. The average molecular weight is 416 g/mol. The van der Waals surface area contributed by atoms with Gasteiger partial charge in [0.2, 0.25) is 0 Å². The van der Waals surface area contributed by atoms with Gasteiger partial charge in [-0.05, 0) is 53.2 Å². The molecule has 1 heterocycles. The first-order valence-corrected chi connectivity index (χ1v) is 9.79. The van der Waals surface area contributed by atoms with Crippen molar-refractivity contribution in [2.45, 2.75) is 40.0 Å². The van der Waals surface area contributed by atoms with Gasteiger partial charge in [0, 0.05) is 10.6 Å². The smallest absolute Gasteiger partial charge is 0.459 e. The SMILES string of the molecule is Cc1c(C(=O)N[C@H](C(=O)OCc2ccc(Cl)cc2)C(C)C)ccc2c1B(O)OC2. The maximum atomic E-state index is 12.8. The Morgan fingerprint density at radius 3 is 2.59 bits per heavy atom. The van der Waals surface area contributed by atoms with Crippen LogP contribution in [-0.2, 0) is 27.4 Å². The minimum absolute atomic E-state index is 0.0937. The molecule has 152 valence electrons. The van der Waals surface area contributed by atoms with Crippen LogP contribution in [0.4, 0.5) is 0 Å². The molecule has 0 aromatic heterocycles. The Bertz CT molecular complexity index is 916. The highest BCUT2D eigenvalue weighted by molar-refractivity contribution is 6.62. The zero-order valence-electron chi connectivity index (χ0n) is 16.6.